The molecule has 0 spiro atoms. The quantitative estimate of drug-likeness (QED) is 0.829. The van der Waals surface area contributed by atoms with Crippen LogP contribution in [0, 0.1) is 11.8 Å². The fourth-order valence-electron chi connectivity index (χ4n) is 2.47. The van der Waals surface area contributed by atoms with Crippen molar-refractivity contribution >= 4 is 43.6 Å². The molecule has 1 aliphatic carbocycles. The summed E-state index contributed by atoms with van der Waals surface area (Å²) in [7, 11) is 0. The summed E-state index contributed by atoms with van der Waals surface area (Å²) < 4.78 is 1.14. The van der Waals surface area contributed by atoms with Crippen molar-refractivity contribution in [1.29, 1.82) is 0 Å². The van der Waals surface area contributed by atoms with Crippen LogP contribution in [0.1, 0.15) is 25.7 Å². The molecule has 2 rings (SSSR count). The van der Waals surface area contributed by atoms with Gasteiger partial charge < -0.3 is 11.1 Å². The summed E-state index contributed by atoms with van der Waals surface area (Å²) in [5.74, 6) is 0.703. The van der Waals surface area contributed by atoms with E-state index in [0.717, 1.165) is 25.7 Å². The van der Waals surface area contributed by atoms with Gasteiger partial charge in [-0.2, -0.15) is 0 Å². The average Bonchev–Trinajstić information content (AvgIpc) is 2.41. The van der Waals surface area contributed by atoms with Crippen LogP contribution in [-0.2, 0) is 4.79 Å². The number of nitrogens with two attached hydrogens (primary N) is 1. The van der Waals surface area contributed by atoms with E-state index >= 15 is 0 Å². The minimum absolute atomic E-state index is 0.00697. The van der Waals surface area contributed by atoms with E-state index in [9.17, 15) is 4.79 Å². The van der Waals surface area contributed by atoms with Crippen LogP contribution in [0.25, 0.3) is 0 Å². The van der Waals surface area contributed by atoms with Gasteiger partial charge in [0, 0.05) is 5.92 Å². The normalized spacial score (nSPS) is 23.1. The summed E-state index contributed by atoms with van der Waals surface area (Å²) in [6.45, 7) is 0.561. The maximum Gasteiger partial charge on any atom is 0.229 e. The molecule has 5 nitrogen and oxygen atoms in total. The van der Waals surface area contributed by atoms with E-state index in [-0.39, 0.29) is 17.7 Å². The number of carbonyl (C=O) groups excluding carboxylic acids is 1. The van der Waals surface area contributed by atoms with Crippen LogP contribution in [0.15, 0.2) is 15.4 Å². The van der Waals surface area contributed by atoms with E-state index < -0.39 is 0 Å². The zero-order valence-corrected chi connectivity index (χ0v) is 13.6. The van der Waals surface area contributed by atoms with Crippen LogP contribution in [0.5, 0.6) is 0 Å². The molecule has 0 radical (unpaired) electrons. The number of rotatable bonds is 3. The number of aromatic nitrogens is 2. The van der Waals surface area contributed by atoms with Gasteiger partial charge in [-0.25, -0.2) is 9.97 Å². The van der Waals surface area contributed by atoms with E-state index in [1.807, 2.05) is 0 Å². The van der Waals surface area contributed by atoms with Crippen molar-refractivity contribution in [1.82, 2.24) is 9.97 Å². The Hall–Kier alpha value is -0.530. The van der Waals surface area contributed by atoms with Crippen molar-refractivity contribution in [3.63, 3.8) is 0 Å². The molecule has 1 aliphatic rings. The molecule has 1 aromatic heterocycles. The van der Waals surface area contributed by atoms with Crippen molar-refractivity contribution in [2.24, 2.45) is 17.6 Å². The van der Waals surface area contributed by atoms with Crippen molar-refractivity contribution in [2.45, 2.75) is 25.7 Å². The van der Waals surface area contributed by atoms with Gasteiger partial charge in [-0.15, -0.1) is 0 Å². The molecule has 1 amide bonds. The molecule has 104 valence electrons. The lowest BCUT2D eigenvalue weighted by molar-refractivity contribution is -0.122. The molecule has 0 aliphatic heterocycles. The number of nitrogens with one attached hydrogen (secondary N) is 1. The number of nitrogens with zero attached hydrogens (tertiary/aromatic N) is 2. The van der Waals surface area contributed by atoms with Crippen LogP contribution >= 0.6 is 31.9 Å². The SMILES string of the molecule is NCC1CCCCC1C(=O)Nc1ncc(Br)nc1Br. The molecule has 0 bridgehead atoms. The van der Waals surface area contributed by atoms with E-state index in [0.29, 0.717) is 21.6 Å². The number of halogens is 2. The molecule has 3 N–H and O–H groups in total. The minimum Gasteiger partial charge on any atom is -0.330 e. The summed E-state index contributed by atoms with van der Waals surface area (Å²) in [4.78, 5) is 20.6. The van der Waals surface area contributed by atoms with Crippen LogP contribution in [-0.4, -0.2) is 22.4 Å². The number of carbonyl (C=O) groups is 1. The lowest BCUT2D eigenvalue weighted by atomic mass is 9.79. The number of anilines is 1. The molecular weight excluding hydrogens is 376 g/mol. The monoisotopic (exact) mass is 390 g/mol. The number of amides is 1. The lowest BCUT2D eigenvalue weighted by Crippen LogP contribution is -2.35. The predicted molar refractivity (Wildman–Crippen MR) is 80.6 cm³/mol. The predicted octanol–water partition coefficient (Wildman–Crippen LogP) is 2.71. The fourth-order valence-corrected chi connectivity index (χ4v) is 3.39. The van der Waals surface area contributed by atoms with Gasteiger partial charge in [0.15, 0.2) is 5.82 Å². The van der Waals surface area contributed by atoms with Crippen molar-refractivity contribution < 1.29 is 4.79 Å². The van der Waals surface area contributed by atoms with Crippen molar-refractivity contribution in [3.05, 3.63) is 15.4 Å². The third kappa shape index (κ3) is 3.73. The molecule has 0 aromatic carbocycles. The Morgan fingerprint density at radius 2 is 2.16 bits per heavy atom. The van der Waals surface area contributed by atoms with Crippen molar-refractivity contribution in [2.75, 3.05) is 11.9 Å². The van der Waals surface area contributed by atoms with E-state index in [1.54, 1.807) is 6.20 Å². The Bertz CT molecular complexity index is 469. The first-order valence-electron chi connectivity index (χ1n) is 6.30. The number of hydrogen-bond acceptors (Lipinski definition) is 4. The standard InChI is InChI=1S/C12H16Br2N4O/c13-9-6-16-11(10(14)17-9)18-12(19)8-4-2-1-3-7(8)5-15/h6-8H,1-5,15H2,(H,16,18,19). The highest BCUT2D eigenvalue weighted by molar-refractivity contribution is 9.11. The third-order valence-electron chi connectivity index (χ3n) is 3.49. The van der Waals surface area contributed by atoms with Gasteiger partial charge in [-0.1, -0.05) is 12.8 Å². The molecular formula is C12H16Br2N4O. The summed E-state index contributed by atoms with van der Waals surface area (Å²) >= 11 is 6.52. The van der Waals surface area contributed by atoms with Gasteiger partial charge in [0.1, 0.15) is 9.21 Å². The zero-order valence-electron chi connectivity index (χ0n) is 10.4. The summed E-state index contributed by atoms with van der Waals surface area (Å²) in [5, 5.41) is 2.84. The molecule has 1 saturated carbocycles. The summed E-state index contributed by atoms with van der Waals surface area (Å²) in [6, 6.07) is 0. The Labute approximate surface area is 129 Å². The maximum absolute atomic E-state index is 12.3. The highest BCUT2D eigenvalue weighted by atomic mass is 79.9. The van der Waals surface area contributed by atoms with Crippen molar-refractivity contribution in [3.8, 4) is 0 Å². The zero-order chi connectivity index (χ0) is 13.8. The molecule has 7 heteroatoms. The summed E-state index contributed by atoms with van der Waals surface area (Å²) in [6.07, 6.45) is 5.73. The highest BCUT2D eigenvalue weighted by Crippen LogP contribution is 2.30. The van der Waals surface area contributed by atoms with Gasteiger partial charge in [-0.3, -0.25) is 4.79 Å². The molecule has 2 unspecified atom stereocenters. The topological polar surface area (TPSA) is 80.9 Å². The summed E-state index contributed by atoms with van der Waals surface area (Å²) in [5.41, 5.74) is 5.75. The molecule has 1 heterocycles. The first-order chi connectivity index (χ1) is 9.11. The van der Waals surface area contributed by atoms with E-state index in [2.05, 4.69) is 47.1 Å². The third-order valence-corrected chi connectivity index (χ3v) is 4.43. The first kappa shape index (κ1) is 14.9. The second-order valence-corrected chi connectivity index (χ2v) is 6.27. The van der Waals surface area contributed by atoms with E-state index in [1.165, 1.54) is 0 Å². The molecule has 0 saturated heterocycles. The fraction of sp³-hybridized carbons (Fsp3) is 0.583. The second kappa shape index (κ2) is 6.76. The Morgan fingerprint density at radius 1 is 1.42 bits per heavy atom. The van der Waals surface area contributed by atoms with Gasteiger partial charge in [0.25, 0.3) is 0 Å². The second-order valence-electron chi connectivity index (χ2n) is 4.71. The Morgan fingerprint density at radius 3 is 2.84 bits per heavy atom. The largest absolute Gasteiger partial charge is 0.330 e. The molecule has 1 fully saturated rings. The Kier molecular flexibility index (Phi) is 5.29. The van der Waals surface area contributed by atoms with Gasteiger partial charge >= 0.3 is 0 Å². The minimum atomic E-state index is -0.0175. The van der Waals surface area contributed by atoms with Crippen LogP contribution in [0.4, 0.5) is 5.82 Å². The highest BCUT2D eigenvalue weighted by Gasteiger charge is 2.30. The average molecular weight is 392 g/mol. The smallest absolute Gasteiger partial charge is 0.229 e. The maximum atomic E-state index is 12.3. The molecule has 1 aromatic rings. The number of hydrogen-bond donors (Lipinski definition) is 2. The Balaban J connectivity index is 2.07. The van der Waals surface area contributed by atoms with Gasteiger partial charge in [0.05, 0.1) is 6.20 Å². The lowest BCUT2D eigenvalue weighted by Gasteiger charge is -2.29. The van der Waals surface area contributed by atoms with Crippen LogP contribution in [0.2, 0.25) is 0 Å². The van der Waals surface area contributed by atoms with Crippen LogP contribution in [0.3, 0.4) is 0 Å². The molecule has 19 heavy (non-hydrogen) atoms. The van der Waals surface area contributed by atoms with E-state index in [4.69, 9.17) is 5.73 Å². The van der Waals surface area contributed by atoms with Crippen LogP contribution < -0.4 is 11.1 Å². The molecule has 2 atom stereocenters. The van der Waals surface area contributed by atoms with Gasteiger partial charge in [-0.05, 0) is 57.2 Å². The van der Waals surface area contributed by atoms with Gasteiger partial charge in [0.2, 0.25) is 5.91 Å². The first-order valence-corrected chi connectivity index (χ1v) is 7.89.